The lowest BCUT2D eigenvalue weighted by Gasteiger charge is -2.22. The van der Waals surface area contributed by atoms with E-state index in [9.17, 15) is 9.90 Å². The molecule has 3 N–H and O–H groups in total. The molecule has 1 saturated heterocycles. The Morgan fingerprint density at radius 3 is 2.81 bits per heavy atom. The summed E-state index contributed by atoms with van der Waals surface area (Å²) in [4.78, 5) is 12.3. The molecule has 2 rings (SSSR count). The molecule has 5 nitrogen and oxygen atoms in total. The first-order valence-electron chi connectivity index (χ1n) is 7.50. The van der Waals surface area contributed by atoms with E-state index in [0.717, 1.165) is 12.1 Å². The standard InChI is InChI=1S/C16H24N2O3/c1-2-17-15-11-21-10-14(15)16(20)18-13(9-19)8-12-6-4-3-5-7-12/h3-7,13-15,17,19H,2,8-11H2,1H3,(H,18,20)/t13-,14?,15?/m0/s1. The normalized spacial score (nSPS) is 23.0. The van der Waals surface area contributed by atoms with Gasteiger partial charge in [-0.1, -0.05) is 37.3 Å². The first-order valence-corrected chi connectivity index (χ1v) is 7.50. The zero-order chi connectivity index (χ0) is 15.1. The van der Waals surface area contributed by atoms with Crippen LogP contribution in [-0.2, 0) is 16.0 Å². The Morgan fingerprint density at radius 1 is 1.38 bits per heavy atom. The summed E-state index contributed by atoms with van der Waals surface area (Å²) in [6, 6.07) is 9.65. The van der Waals surface area contributed by atoms with Gasteiger partial charge in [-0.3, -0.25) is 4.79 Å². The van der Waals surface area contributed by atoms with Gasteiger partial charge in [-0.25, -0.2) is 0 Å². The number of aliphatic hydroxyl groups excluding tert-OH is 1. The number of hydrogen-bond acceptors (Lipinski definition) is 4. The molecule has 0 bridgehead atoms. The largest absolute Gasteiger partial charge is 0.394 e. The predicted molar refractivity (Wildman–Crippen MR) is 80.9 cm³/mol. The number of hydrogen-bond donors (Lipinski definition) is 3. The molecule has 1 aromatic carbocycles. The Morgan fingerprint density at radius 2 is 2.14 bits per heavy atom. The summed E-state index contributed by atoms with van der Waals surface area (Å²) in [6.45, 7) is 3.76. The molecule has 1 aliphatic rings. The van der Waals surface area contributed by atoms with Crippen LogP contribution in [0, 0.1) is 5.92 Å². The van der Waals surface area contributed by atoms with Gasteiger partial charge >= 0.3 is 0 Å². The van der Waals surface area contributed by atoms with Gasteiger partial charge in [0.15, 0.2) is 0 Å². The minimum absolute atomic E-state index is 0.0477. The van der Waals surface area contributed by atoms with E-state index >= 15 is 0 Å². The van der Waals surface area contributed by atoms with Crippen molar-refractivity contribution in [3.8, 4) is 0 Å². The van der Waals surface area contributed by atoms with E-state index in [0.29, 0.717) is 19.6 Å². The van der Waals surface area contributed by atoms with E-state index in [1.807, 2.05) is 37.3 Å². The zero-order valence-electron chi connectivity index (χ0n) is 12.4. The average Bonchev–Trinajstić information content (AvgIpc) is 2.96. The Labute approximate surface area is 125 Å². The molecule has 2 unspecified atom stereocenters. The summed E-state index contributed by atoms with van der Waals surface area (Å²) in [5, 5.41) is 15.7. The van der Waals surface area contributed by atoms with Crippen molar-refractivity contribution in [3.05, 3.63) is 35.9 Å². The fourth-order valence-corrected chi connectivity index (χ4v) is 2.64. The van der Waals surface area contributed by atoms with Crippen molar-refractivity contribution >= 4 is 5.91 Å². The molecule has 0 spiro atoms. The van der Waals surface area contributed by atoms with Gasteiger partial charge in [0, 0.05) is 6.04 Å². The minimum atomic E-state index is -0.261. The molecular weight excluding hydrogens is 268 g/mol. The van der Waals surface area contributed by atoms with Crippen LogP contribution in [0.3, 0.4) is 0 Å². The number of amides is 1. The smallest absolute Gasteiger partial charge is 0.227 e. The summed E-state index contributed by atoms with van der Waals surface area (Å²) in [7, 11) is 0. The number of aliphatic hydroxyl groups is 1. The summed E-state index contributed by atoms with van der Waals surface area (Å²) < 4.78 is 5.39. The molecule has 1 amide bonds. The summed E-state index contributed by atoms with van der Waals surface area (Å²) in [5.74, 6) is -0.233. The average molecular weight is 292 g/mol. The summed E-state index contributed by atoms with van der Waals surface area (Å²) in [6.07, 6.45) is 0.628. The monoisotopic (exact) mass is 292 g/mol. The van der Waals surface area contributed by atoms with Gasteiger partial charge in [0.25, 0.3) is 0 Å². The highest BCUT2D eigenvalue weighted by Gasteiger charge is 2.34. The van der Waals surface area contributed by atoms with E-state index in [-0.39, 0.29) is 30.5 Å². The first kappa shape index (κ1) is 15.9. The fourth-order valence-electron chi connectivity index (χ4n) is 2.64. The van der Waals surface area contributed by atoms with Crippen LogP contribution >= 0.6 is 0 Å². The maximum Gasteiger partial charge on any atom is 0.227 e. The molecule has 0 aliphatic carbocycles. The van der Waals surface area contributed by atoms with E-state index in [4.69, 9.17) is 4.74 Å². The van der Waals surface area contributed by atoms with Gasteiger partial charge in [-0.2, -0.15) is 0 Å². The summed E-state index contributed by atoms with van der Waals surface area (Å²) >= 11 is 0. The Balaban J connectivity index is 1.90. The summed E-state index contributed by atoms with van der Waals surface area (Å²) in [5.41, 5.74) is 1.10. The molecule has 1 aromatic rings. The van der Waals surface area contributed by atoms with Crippen molar-refractivity contribution < 1.29 is 14.6 Å². The minimum Gasteiger partial charge on any atom is -0.394 e. The molecule has 1 fully saturated rings. The van der Waals surface area contributed by atoms with E-state index in [1.165, 1.54) is 0 Å². The van der Waals surface area contributed by atoms with Crippen LogP contribution in [0.25, 0.3) is 0 Å². The number of carbonyl (C=O) groups excluding carboxylic acids is 1. The highest BCUT2D eigenvalue weighted by atomic mass is 16.5. The van der Waals surface area contributed by atoms with E-state index in [1.54, 1.807) is 0 Å². The molecule has 1 aliphatic heterocycles. The highest BCUT2D eigenvalue weighted by molar-refractivity contribution is 5.80. The molecule has 5 heteroatoms. The van der Waals surface area contributed by atoms with Crippen molar-refractivity contribution in [1.82, 2.24) is 10.6 Å². The molecule has 21 heavy (non-hydrogen) atoms. The molecule has 0 saturated carbocycles. The van der Waals surface area contributed by atoms with Crippen LogP contribution in [0.15, 0.2) is 30.3 Å². The van der Waals surface area contributed by atoms with Gasteiger partial charge in [-0.05, 0) is 18.5 Å². The number of ether oxygens (including phenoxy) is 1. The number of carbonyl (C=O) groups is 1. The predicted octanol–water partition coefficient (Wildman–Crippen LogP) is 0.331. The maximum absolute atomic E-state index is 12.3. The Bertz CT molecular complexity index is 438. The zero-order valence-corrected chi connectivity index (χ0v) is 12.4. The highest BCUT2D eigenvalue weighted by Crippen LogP contribution is 2.14. The lowest BCUT2D eigenvalue weighted by atomic mass is 10.0. The lowest BCUT2D eigenvalue weighted by Crippen LogP contribution is -2.48. The Kier molecular flexibility index (Phi) is 6.17. The van der Waals surface area contributed by atoms with E-state index in [2.05, 4.69) is 10.6 Å². The maximum atomic E-state index is 12.3. The van der Waals surface area contributed by atoms with Gasteiger partial charge in [-0.15, -0.1) is 0 Å². The topological polar surface area (TPSA) is 70.6 Å². The fraction of sp³-hybridized carbons (Fsp3) is 0.562. The van der Waals surface area contributed by atoms with Crippen molar-refractivity contribution in [2.75, 3.05) is 26.4 Å². The molecule has 116 valence electrons. The van der Waals surface area contributed by atoms with E-state index < -0.39 is 0 Å². The molecule has 1 heterocycles. The molecule has 3 atom stereocenters. The van der Waals surface area contributed by atoms with Gasteiger partial charge in [0.05, 0.1) is 31.8 Å². The van der Waals surface area contributed by atoms with Crippen LogP contribution in [0.1, 0.15) is 12.5 Å². The number of benzene rings is 1. The van der Waals surface area contributed by atoms with Crippen LogP contribution in [0.2, 0.25) is 0 Å². The second-order valence-corrected chi connectivity index (χ2v) is 5.39. The van der Waals surface area contributed by atoms with Gasteiger partial charge < -0.3 is 20.5 Å². The first-order chi connectivity index (χ1) is 10.2. The van der Waals surface area contributed by atoms with Crippen LogP contribution in [-0.4, -0.2) is 49.5 Å². The van der Waals surface area contributed by atoms with Crippen LogP contribution < -0.4 is 10.6 Å². The number of rotatable bonds is 7. The van der Waals surface area contributed by atoms with Crippen LogP contribution in [0.4, 0.5) is 0 Å². The second-order valence-electron chi connectivity index (χ2n) is 5.39. The third kappa shape index (κ3) is 4.52. The number of nitrogens with one attached hydrogen (secondary N) is 2. The Hall–Kier alpha value is -1.43. The second kappa shape index (κ2) is 8.12. The third-order valence-corrected chi connectivity index (χ3v) is 3.78. The van der Waals surface area contributed by atoms with Crippen molar-refractivity contribution in [3.63, 3.8) is 0 Å². The molecular formula is C16H24N2O3. The van der Waals surface area contributed by atoms with Gasteiger partial charge in [0.1, 0.15) is 0 Å². The molecule has 0 radical (unpaired) electrons. The van der Waals surface area contributed by atoms with Crippen molar-refractivity contribution in [2.24, 2.45) is 5.92 Å². The van der Waals surface area contributed by atoms with Crippen molar-refractivity contribution in [2.45, 2.75) is 25.4 Å². The van der Waals surface area contributed by atoms with Gasteiger partial charge in [0.2, 0.25) is 5.91 Å². The lowest BCUT2D eigenvalue weighted by molar-refractivity contribution is -0.126. The van der Waals surface area contributed by atoms with Crippen LogP contribution in [0.5, 0.6) is 0 Å². The number of likely N-dealkylation sites (N-methyl/N-ethyl adjacent to an activating group) is 1. The SMILES string of the molecule is CCNC1COCC1C(=O)N[C@H](CO)Cc1ccccc1. The molecule has 0 aromatic heterocycles. The van der Waals surface area contributed by atoms with Crippen molar-refractivity contribution in [1.29, 1.82) is 0 Å². The quantitative estimate of drug-likeness (QED) is 0.677. The third-order valence-electron chi connectivity index (χ3n) is 3.78.